The average Bonchev–Trinajstić information content (AvgIpc) is 3.15. The molecule has 2 unspecified atom stereocenters. The number of nitrogens with zero attached hydrogens (tertiary/aromatic N) is 1. The van der Waals surface area contributed by atoms with Gasteiger partial charge in [0.2, 0.25) is 0 Å². The van der Waals surface area contributed by atoms with Gasteiger partial charge in [-0.25, -0.2) is 0 Å². The Hall–Kier alpha value is -1.30. The lowest BCUT2D eigenvalue weighted by Gasteiger charge is -2.36. The van der Waals surface area contributed by atoms with Crippen LogP contribution in [0.25, 0.3) is 10.2 Å². The molecule has 2 saturated heterocycles. The van der Waals surface area contributed by atoms with Crippen LogP contribution in [0.5, 0.6) is 0 Å². The van der Waals surface area contributed by atoms with Gasteiger partial charge in [0.1, 0.15) is 0 Å². The third-order valence-electron chi connectivity index (χ3n) is 4.52. The van der Waals surface area contributed by atoms with Gasteiger partial charge >= 0.3 is 0 Å². The highest BCUT2D eigenvalue weighted by Crippen LogP contribution is 2.37. The number of thiophene rings is 1. The molecule has 1 spiro atoms. The molecule has 4 rings (SSSR count). The first-order valence-electron chi connectivity index (χ1n) is 7.35. The summed E-state index contributed by atoms with van der Waals surface area (Å²) in [4.78, 5) is 17.2. The molecule has 4 nitrogen and oxygen atoms in total. The predicted octanol–water partition coefficient (Wildman–Crippen LogP) is 3.06. The van der Waals surface area contributed by atoms with Crippen LogP contribution in [0.15, 0.2) is 23.7 Å². The molecule has 0 aromatic carbocycles. The van der Waals surface area contributed by atoms with Crippen LogP contribution < -0.4 is 0 Å². The highest BCUT2D eigenvalue weighted by atomic mass is 32.1. The minimum Gasteiger partial charge on any atom is -0.378 e. The second-order valence-corrected chi connectivity index (χ2v) is 6.86. The van der Waals surface area contributed by atoms with Crippen LogP contribution in [-0.4, -0.2) is 36.2 Å². The molecule has 21 heavy (non-hydrogen) atoms. The molecule has 0 bridgehead atoms. The van der Waals surface area contributed by atoms with Gasteiger partial charge in [-0.2, -0.15) is 0 Å². The lowest BCUT2D eigenvalue weighted by atomic mass is 9.81. The lowest BCUT2D eigenvalue weighted by Crippen LogP contribution is -2.42. The van der Waals surface area contributed by atoms with Crippen LogP contribution in [0.2, 0.25) is 0 Å². The van der Waals surface area contributed by atoms with Crippen molar-refractivity contribution in [3.63, 3.8) is 0 Å². The molecule has 0 aliphatic carbocycles. The largest absolute Gasteiger partial charge is 0.378 e. The second kappa shape index (κ2) is 5.16. The van der Waals surface area contributed by atoms with E-state index in [1.807, 2.05) is 17.5 Å². The molecule has 2 aliphatic heterocycles. The van der Waals surface area contributed by atoms with Crippen molar-refractivity contribution >= 4 is 27.3 Å². The van der Waals surface area contributed by atoms with Crippen LogP contribution in [0.3, 0.4) is 0 Å². The summed E-state index contributed by atoms with van der Waals surface area (Å²) in [7, 11) is 0. The highest BCUT2D eigenvalue weighted by molar-refractivity contribution is 7.17. The van der Waals surface area contributed by atoms with Gasteiger partial charge in [-0.15, -0.1) is 11.3 Å². The van der Waals surface area contributed by atoms with Crippen molar-refractivity contribution in [2.24, 2.45) is 5.92 Å². The highest BCUT2D eigenvalue weighted by Gasteiger charge is 2.43. The van der Waals surface area contributed by atoms with Gasteiger partial charge in [-0.1, -0.05) is 0 Å². The first-order chi connectivity index (χ1) is 10.3. The number of hydrogen-bond donors (Lipinski definition) is 0. The van der Waals surface area contributed by atoms with Crippen molar-refractivity contribution < 1.29 is 14.3 Å². The summed E-state index contributed by atoms with van der Waals surface area (Å²) in [5, 5.41) is 2.01. The van der Waals surface area contributed by atoms with E-state index in [4.69, 9.17) is 9.47 Å². The van der Waals surface area contributed by atoms with Gasteiger partial charge in [0.15, 0.2) is 5.78 Å². The number of fused-ring (bicyclic) bond motifs is 1. The number of hydrogen-bond acceptors (Lipinski definition) is 5. The Kier molecular flexibility index (Phi) is 3.28. The van der Waals surface area contributed by atoms with Crippen LogP contribution in [0.4, 0.5) is 0 Å². The predicted molar refractivity (Wildman–Crippen MR) is 80.8 cm³/mol. The molecule has 5 heteroatoms. The van der Waals surface area contributed by atoms with E-state index in [0.717, 1.165) is 41.6 Å². The van der Waals surface area contributed by atoms with Gasteiger partial charge in [0.25, 0.3) is 0 Å². The average molecular weight is 303 g/mol. The fourth-order valence-electron chi connectivity index (χ4n) is 3.33. The summed E-state index contributed by atoms with van der Waals surface area (Å²) in [6.07, 6.45) is 4.18. The fraction of sp³-hybridized carbons (Fsp3) is 0.500. The first-order valence-corrected chi connectivity index (χ1v) is 8.23. The first kappa shape index (κ1) is 13.4. The van der Waals surface area contributed by atoms with Crippen molar-refractivity contribution in [1.82, 2.24) is 4.98 Å². The smallest absolute Gasteiger partial charge is 0.167 e. The quantitative estimate of drug-likeness (QED) is 0.800. The molecule has 2 atom stereocenters. The molecule has 0 radical (unpaired) electrons. The lowest BCUT2D eigenvalue weighted by molar-refractivity contribution is -0.0920. The number of aromatic nitrogens is 1. The van der Waals surface area contributed by atoms with Crippen LogP contribution in [0.1, 0.15) is 29.6 Å². The maximum absolute atomic E-state index is 12.8. The summed E-state index contributed by atoms with van der Waals surface area (Å²) >= 11 is 1.62. The molecule has 110 valence electrons. The standard InChI is InChI=1S/C16H17NO3S/c18-15(12-7-14-13(17-9-12)2-6-21-14)11-1-4-20-16(8-11)3-5-19-10-16/h2,6-7,9,11H,1,3-5,8,10H2. The van der Waals surface area contributed by atoms with Gasteiger partial charge in [0.05, 0.1) is 22.4 Å². The Balaban J connectivity index is 1.58. The normalized spacial score (nSPS) is 29.2. The van der Waals surface area contributed by atoms with Gasteiger partial charge in [-0.3, -0.25) is 9.78 Å². The molecule has 2 aliphatic rings. The number of pyridine rings is 1. The van der Waals surface area contributed by atoms with E-state index in [1.54, 1.807) is 17.5 Å². The number of carbonyl (C=O) groups excluding carboxylic acids is 1. The topological polar surface area (TPSA) is 48.4 Å². The summed E-state index contributed by atoms with van der Waals surface area (Å²) in [5.41, 5.74) is 1.47. The zero-order valence-corrected chi connectivity index (χ0v) is 12.5. The van der Waals surface area contributed by atoms with Gasteiger partial charge in [-0.05, 0) is 30.4 Å². The number of ether oxygens (including phenoxy) is 2. The molecule has 0 saturated carbocycles. The third-order valence-corrected chi connectivity index (χ3v) is 5.37. The monoisotopic (exact) mass is 303 g/mol. The Morgan fingerprint density at radius 1 is 1.43 bits per heavy atom. The molecular formula is C16H17NO3S. The maximum atomic E-state index is 12.8. The van der Waals surface area contributed by atoms with Crippen molar-refractivity contribution in [3.05, 3.63) is 29.3 Å². The van der Waals surface area contributed by atoms with Crippen molar-refractivity contribution in [2.75, 3.05) is 19.8 Å². The van der Waals surface area contributed by atoms with Crippen molar-refractivity contribution in [3.8, 4) is 0 Å². The van der Waals surface area contributed by atoms with E-state index < -0.39 is 0 Å². The van der Waals surface area contributed by atoms with Crippen LogP contribution in [-0.2, 0) is 9.47 Å². The van der Waals surface area contributed by atoms with E-state index in [1.165, 1.54) is 0 Å². The van der Waals surface area contributed by atoms with Crippen molar-refractivity contribution in [1.29, 1.82) is 0 Å². The second-order valence-electron chi connectivity index (χ2n) is 5.92. The molecule has 0 amide bonds. The molecule has 2 aromatic rings. The number of Topliss-reactive ketones (excluding diaryl/α,β-unsaturated/α-hetero) is 1. The Labute approximate surface area is 127 Å². The van der Waals surface area contributed by atoms with Crippen LogP contribution in [0, 0.1) is 5.92 Å². The van der Waals surface area contributed by atoms with Crippen LogP contribution >= 0.6 is 11.3 Å². The van der Waals surface area contributed by atoms with E-state index in [0.29, 0.717) is 13.2 Å². The molecular weight excluding hydrogens is 286 g/mol. The third kappa shape index (κ3) is 2.39. The zero-order valence-electron chi connectivity index (χ0n) is 11.7. The van der Waals surface area contributed by atoms with Gasteiger partial charge in [0, 0.05) is 37.3 Å². The van der Waals surface area contributed by atoms with Gasteiger partial charge < -0.3 is 9.47 Å². The minimum atomic E-state index is -0.223. The Bertz CT molecular complexity index is 675. The van der Waals surface area contributed by atoms with Crippen molar-refractivity contribution in [2.45, 2.75) is 24.9 Å². The molecule has 4 heterocycles. The Morgan fingerprint density at radius 3 is 3.24 bits per heavy atom. The SMILES string of the molecule is O=C(c1cnc2ccsc2c1)C1CCOC2(CCOC2)C1. The van der Waals surface area contributed by atoms with E-state index >= 15 is 0 Å². The summed E-state index contributed by atoms with van der Waals surface area (Å²) < 4.78 is 12.5. The summed E-state index contributed by atoms with van der Waals surface area (Å²) in [6, 6.07) is 3.95. The Morgan fingerprint density at radius 2 is 2.38 bits per heavy atom. The maximum Gasteiger partial charge on any atom is 0.167 e. The van der Waals surface area contributed by atoms with E-state index in [2.05, 4.69) is 4.98 Å². The van der Waals surface area contributed by atoms with E-state index in [9.17, 15) is 4.79 Å². The summed E-state index contributed by atoms with van der Waals surface area (Å²) in [6.45, 7) is 2.01. The molecule has 2 fully saturated rings. The number of rotatable bonds is 2. The fourth-order valence-corrected chi connectivity index (χ4v) is 4.11. The molecule has 2 aromatic heterocycles. The number of carbonyl (C=O) groups is 1. The minimum absolute atomic E-state index is 0.0275. The zero-order chi connectivity index (χ0) is 14.3. The molecule has 0 N–H and O–H groups in total. The number of ketones is 1. The summed E-state index contributed by atoms with van der Waals surface area (Å²) in [5.74, 6) is 0.229. The van der Waals surface area contributed by atoms with E-state index in [-0.39, 0.29) is 17.3 Å².